The summed E-state index contributed by atoms with van der Waals surface area (Å²) in [4.78, 5) is 16.8. The molecule has 6 nitrogen and oxygen atoms in total. The number of aliphatic hydroxyl groups is 1. The average Bonchev–Trinajstić information content (AvgIpc) is 3.10. The maximum absolute atomic E-state index is 12.5. The molecule has 0 aromatic heterocycles. The zero-order chi connectivity index (χ0) is 20.3. The van der Waals surface area contributed by atoms with Crippen molar-refractivity contribution in [2.45, 2.75) is 51.2 Å². The van der Waals surface area contributed by atoms with Gasteiger partial charge in [0.05, 0.1) is 18.8 Å². The minimum Gasteiger partial charge on any atom is -0.484 e. The highest BCUT2D eigenvalue weighted by atomic mass is 16.5. The number of aryl methyl sites for hydroxylation is 1. The first-order chi connectivity index (χ1) is 14.0. The maximum Gasteiger partial charge on any atom is 0.260 e. The Morgan fingerprint density at radius 3 is 2.72 bits per heavy atom. The topological polar surface area (TPSA) is 62.2 Å². The Balaban J connectivity index is 1.20. The fraction of sp³-hybridized carbons (Fsp3) is 0.696. The molecule has 1 spiro atoms. The van der Waals surface area contributed by atoms with E-state index in [1.54, 1.807) is 0 Å². The van der Waals surface area contributed by atoms with E-state index in [-0.39, 0.29) is 30.1 Å². The Kier molecular flexibility index (Phi) is 6.42. The van der Waals surface area contributed by atoms with Crippen LogP contribution in [0.5, 0.6) is 5.75 Å². The molecule has 1 N–H and O–H groups in total. The number of β-amino-alcohol motifs (C(OH)–C–C–N with tert-alkyl or cyclic N) is 1. The minimum atomic E-state index is -0.185. The highest BCUT2D eigenvalue weighted by Crippen LogP contribution is 2.42. The zero-order valence-electron chi connectivity index (χ0n) is 17.5. The third kappa shape index (κ3) is 5.30. The number of benzene rings is 1. The molecule has 1 aromatic carbocycles. The molecule has 1 aromatic rings. The molecule has 1 amide bonds. The maximum atomic E-state index is 12.5. The number of hydrogen-bond acceptors (Lipinski definition) is 5. The molecule has 2 atom stereocenters. The molecular formula is C23H34N2O4. The molecule has 0 aliphatic carbocycles. The molecule has 0 bridgehead atoms. The number of hydrogen-bond donors (Lipinski definition) is 1. The molecule has 160 valence electrons. The van der Waals surface area contributed by atoms with Crippen LogP contribution in [0.25, 0.3) is 0 Å². The summed E-state index contributed by atoms with van der Waals surface area (Å²) in [6.07, 6.45) is 5.14. The van der Waals surface area contributed by atoms with Gasteiger partial charge in [0.1, 0.15) is 5.75 Å². The number of rotatable bonds is 5. The molecular weight excluding hydrogens is 368 g/mol. The summed E-state index contributed by atoms with van der Waals surface area (Å²) in [5, 5.41) is 9.88. The lowest BCUT2D eigenvalue weighted by molar-refractivity contribution is -0.135. The van der Waals surface area contributed by atoms with Crippen LogP contribution in [0.4, 0.5) is 0 Å². The predicted octanol–water partition coefficient (Wildman–Crippen LogP) is 2.23. The number of piperidine rings is 2. The van der Waals surface area contributed by atoms with Gasteiger partial charge in [-0.3, -0.25) is 9.69 Å². The number of likely N-dealkylation sites (tertiary alicyclic amines) is 2. The van der Waals surface area contributed by atoms with Crippen LogP contribution < -0.4 is 4.74 Å². The van der Waals surface area contributed by atoms with Crippen molar-refractivity contribution in [3.8, 4) is 5.75 Å². The summed E-state index contributed by atoms with van der Waals surface area (Å²) in [5.41, 5.74) is 1.40. The van der Waals surface area contributed by atoms with Crippen molar-refractivity contribution in [1.82, 2.24) is 9.80 Å². The normalized spacial score (nSPS) is 27.3. The van der Waals surface area contributed by atoms with Crippen molar-refractivity contribution in [1.29, 1.82) is 0 Å². The van der Waals surface area contributed by atoms with E-state index in [4.69, 9.17) is 9.47 Å². The summed E-state index contributed by atoms with van der Waals surface area (Å²) < 4.78 is 11.8. The van der Waals surface area contributed by atoms with Gasteiger partial charge in [0.15, 0.2) is 6.61 Å². The van der Waals surface area contributed by atoms with E-state index in [0.717, 1.165) is 77.2 Å². The van der Waals surface area contributed by atoms with Crippen LogP contribution in [0.15, 0.2) is 24.3 Å². The minimum absolute atomic E-state index is 0.0678. The Labute approximate surface area is 173 Å². The van der Waals surface area contributed by atoms with Crippen LogP contribution >= 0.6 is 0 Å². The summed E-state index contributed by atoms with van der Waals surface area (Å²) in [5.74, 6) is 0.811. The van der Waals surface area contributed by atoms with Gasteiger partial charge in [0, 0.05) is 26.2 Å². The van der Waals surface area contributed by atoms with Gasteiger partial charge in [-0.25, -0.2) is 0 Å². The fourth-order valence-electron chi connectivity index (χ4n) is 4.95. The molecule has 3 aliphatic rings. The van der Waals surface area contributed by atoms with Crippen molar-refractivity contribution in [2.24, 2.45) is 5.41 Å². The van der Waals surface area contributed by atoms with Crippen LogP contribution in [0.1, 0.15) is 37.7 Å². The van der Waals surface area contributed by atoms with Crippen LogP contribution in [0, 0.1) is 12.3 Å². The SMILES string of the molecule is Cc1ccc(OCC(=O)N2CCC3(CC2)CO[C@@H](CN2CCC[C@H](O)C2)C3)cc1. The Bertz CT molecular complexity index is 685. The first-order valence-electron chi connectivity index (χ1n) is 11.0. The second-order valence-electron chi connectivity index (χ2n) is 9.18. The lowest BCUT2D eigenvalue weighted by atomic mass is 9.76. The number of carbonyl (C=O) groups is 1. The third-order valence-corrected chi connectivity index (χ3v) is 6.79. The quantitative estimate of drug-likeness (QED) is 0.818. The van der Waals surface area contributed by atoms with Crippen molar-refractivity contribution in [3.05, 3.63) is 29.8 Å². The van der Waals surface area contributed by atoms with Crippen LogP contribution in [-0.4, -0.2) is 79.0 Å². The van der Waals surface area contributed by atoms with Gasteiger partial charge >= 0.3 is 0 Å². The monoisotopic (exact) mass is 402 g/mol. The van der Waals surface area contributed by atoms with Gasteiger partial charge in [-0.1, -0.05) is 17.7 Å². The van der Waals surface area contributed by atoms with Crippen molar-refractivity contribution in [3.63, 3.8) is 0 Å². The molecule has 3 heterocycles. The highest BCUT2D eigenvalue weighted by molar-refractivity contribution is 5.77. The lowest BCUT2D eigenvalue weighted by Gasteiger charge is -2.38. The number of ether oxygens (including phenoxy) is 2. The molecule has 3 fully saturated rings. The van der Waals surface area contributed by atoms with E-state index >= 15 is 0 Å². The Hall–Kier alpha value is -1.63. The zero-order valence-corrected chi connectivity index (χ0v) is 17.5. The van der Waals surface area contributed by atoms with E-state index in [1.165, 1.54) is 5.56 Å². The smallest absolute Gasteiger partial charge is 0.260 e. The summed E-state index contributed by atoms with van der Waals surface area (Å²) in [6, 6.07) is 7.80. The van der Waals surface area contributed by atoms with Gasteiger partial charge in [0.2, 0.25) is 0 Å². The van der Waals surface area contributed by atoms with Crippen LogP contribution in [0.2, 0.25) is 0 Å². The van der Waals surface area contributed by atoms with E-state index in [9.17, 15) is 9.90 Å². The highest BCUT2D eigenvalue weighted by Gasteiger charge is 2.43. The van der Waals surface area contributed by atoms with E-state index in [0.29, 0.717) is 0 Å². The molecule has 29 heavy (non-hydrogen) atoms. The Morgan fingerprint density at radius 1 is 1.24 bits per heavy atom. The average molecular weight is 403 g/mol. The van der Waals surface area contributed by atoms with Crippen molar-refractivity contribution >= 4 is 5.91 Å². The second kappa shape index (κ2) is 9.02. The second-order valence-corrected chi connectivity index (χ2v) is 9.18. The number of aliphatic hydroxyl groups excluding tert-OH is 1. The third-order valence-electron chi connectivity index (χ3n) is 6.79. The van der Waals surface area contributed by atoms with Gasteiger partial charge < -0.3 is 19.5 Å². The Morgan fingerprint density at radius 2 is 2.00 bits per heavy atom. The van der Waals surface area contributed by atoms with E-state index in [2.05, 4.69) is 4.90 Å². The molecule has 0 saturated carbocycles. The molecule has 3 aliphatic heterocycles. The van der Waals surface area contributed by atoms with Gasteiger partial charge in [-0.05, 0) is 63.1 Å². The van der Waals surface area contributed by atoms with Crippen molar-refractivity contribution < 1.29 is 19.4 Å². The number of amides is 1. The van der Waals surface area contributed by atoms with Crippen LogP contribution in [0.3, 0.4) is 0 Å². The summed E-state index contributed by atoms with van der Waals surface area (Å²) in [7, 11) is 0. The molecule has 0 unspecified atom stereocenters. The first kappa shape index (κ1) is 20.6. The van der Waals surface area contributed by atoms with Gasteiger partial charge in [0.25, 0.3) is 5.91 Å². The van der Waals surface area contributed by atoms with Crippen LogP contribution in [-0.2, 0) is 9.53 Å². The largest absolute Gasteiger partial charge is 0.484 e. The number of nitrogens with zero attached hydrogens (tertiary/aromatic N) is 2. The molecule has 3 saturated heterocycles. The standard InChI is InChI=1S/C23H34N2O4/c1-18-4-6-20(7-5-18)28-16-22(27)25-11-8-23(9-12-25)13-21(29-17-23)15-24-10-2-3-19(26)14-24/h4-7,19,21,26H,2-3,8-17H2,1H3/t19-,21+/m0/s1. The van der Waals surface area contributed by atoms with Gasteiger partial charge in [-0.2, -0.15) is 0 Å². The lowest BCUT2D eigenvalue weighted by Crippen LogP contribution is -2.45. The summed E-state index contributed by atoms with van der Waals surface area (Å²) in [6.45, 7) is 7.27. The first-order valence-corrected chi connectivity index (χ1v) is 11.0. The van der Waals surface area contributed by atoms with Gasteiger partial charge in [-0.15, -0.1) is 0 Å². The molecule has 4 rings (SSSR count). The van der Waals surface area contributed by atoms with E-state index in [1.807, 2.05) is 36.1 Å². The number of carbonyl (C=O) groups excluding carboxylic acids is 1. The molecule has 6 heteroatoms. The molecule has 0 radical (unpaired) electrons. The fourth-order valence-corrected chi connectivity index (χ4v) is 4.95. The van der Waals surface area contributed by atoms with E-state index < -0.39 is 0 Å². The predicted molar refractivity (Wildman–Crippen MR) is 111 cm³/mol. The summed E-state index contributed by atoms with van der Waals surface area (Å²) >= 11 is 0. The van der Waals surface area contributed by atoms with Crippen molar-refractivity contribution in [2.75, 3.05) is 45.9 Å².